The Kier molecular flexibility index (Phi) is 3.89. The number of likely N-dealkylation sites (tertiary alicyclic amines) is 1. The van der Waals surface area contributed by atoms with Gasteiger partial charge in [0.15, 0.2) is 0 Å². The fourth-order valence-corrected chi connectivity index (χ4v) is 2.36. The van der Waals surface area contributed by atoms with Crippen LogP contribution < -0.4 is 0 Å². The number of rotatable bonds is 3. The van der Waals surface area contributed by atoms with E-state index in [1.165, 1.54) is 18.2 Å². The molecule has 0 aliphatic carbocycles. The monoisotopic (exact) mass is 275 g/mol. The van der Waals surface area contributed by atoms with Gasteiger partial charge in [-0.2, -0.15) is 0 Å². The van der Waals surface area contributed by atoms with Crippen LogP contribution in [-0.2, 0) is 11.3 Å². The van der Waals surface area contributed by atoms with Gasteiger partial charge in [-0.3, -0.25) is 4.79 Å². The predicted molar refractivity (Wildman–Crippen MR) is 65.7 cm³/mol. The second-order valence-electron chi connectivity index (χ2n) is 4.23. The molecule has 0 spiro atoms. The van der Waals surface area contributed by atoms with Crippen molar-refractivity contribution in [2.75, 3.05) is 12.4 Å². The van der Waals surface area contributed by atoms with Crippen LogP contribution in [-0.4, -0.2) is 23.2 Å². The summed E-state index contributed by atoms with van der Waals surface area (Å²) in [6, 6.07) is 4.18. The van der Waals surface area contributed by atoms with E-state index in [0.29, 0.717) is 36.0 Å². The van der Waals surface area contributed by atoms with Crippen LogP contribution in [0.25, 0.3) is 0 Å². The molecule has 1 unspecified atom stereocenters. The Morgan fingerprint density at radius 3 is 2.88 bits per heavy atom. The maximum absolute atomic E-state index is 13.1. The Bertz CT molecular complexity index is 439. The van der Waals surface area contributed by atoms with Crippen LogP contribution in [0, 0.1) is 11.7 Å². The average Bonchev–Trinajstić information content (AvgIpc) is 2.65. The Hall–Kier alpha value is -0.800. The number of amides is 1. The van der Waals surface area contributed by atoms with Crippen molar-refractivity contribution < 1.29 is 9.18 Å². The molecule has 5 heteroatoms. The molecule has 0 N–H and O–H groups in total. The lowest BCUT2D eigenvalue weighted by atomic mass is 10.1. The summed E-state index contributed by atoms with van der Waals surface area (Å²) < 4.78 is 13.1. The third kappa shape index (κ3) is 2.90. The molecule has 1 heterocycles. The number of nitrogens with zero attached hydrogens (tertiary/aromatic N) is 1. The van der Waals surface area contributed by atoms with Gasteiger partial charge in [-0.25, -0.2) is 4.39 Å². The third-order valence-electron chi connectivity index (χ3n) is 2.88. The van der Waals surface area contributed by atoms with E-state index in [1.807, 2.05) is 0 Å². The molecule has 1 fully saturated rings. The summed E-state index contributed by atoms with van der Waals surface area (Å²) in [6.07, 6.45) is 0.469. The van der Waals surface area contributed by atoms with Gasteiger partial charge in [0, 0.05) is 30.4 Å². The lowest BCUT2D eigenvalue weighted by molar-refractivity contribution is -0.128. The van der Waals surface area contributed by atoms with Gasteiger partial charge >= 0.3 is 0 Å². The van der Waals surface area contributed by atoms with Gasteiger partial charge in [0.25, 0.3) is 0 Å². The van der Waals surface area contributed by atoms with Gasteiger partial charge < -0.3 is 4.90 Å². The quantitative estimate of drug-likeness (QED) is 0.777. The summed E-state index contributed by atoms with van der Waals surface area (Å²) >= 11 is 11.7. The summed E-state index contributed by atoms with van der Waals surface area (Å²) in [7, 11) is 0. The number of alkyl halides is 1. The van der Waals surface area contributed by atoms with E-state index in [-0.39, 0.29) is 17.6 Å². The molecule has 1 saturated heterocycles. The summed E-state index contributed by atoms with van der Waals surface area (Å²) in [5.41, 5.74) is 0.634. The highest BCUT2D eigenvalue weighted by Crippen LogP contribution is 2.24. The second kappa shape index (κ2) is 5.23. The molecule has 92 valence electrons. The van der Waals surface area contributed by atoms with E-state index in [2.05, 4.69) is 0 Å². The lowest BCUT2D eigenvalue weighted by Gasteiger charge is -2.17. The average molecular weight is 276 g/mol. The standard InChI is InChI=1S/C12H12Cl2FNO/c13-5-8-3-12(17)16(6-8)7-9-4-10(15)1-2-11(9)14/h1-2,4,8H,3,5-7H2. The Morgan fingerprint density at radius 2 is 2.24 bits per heavy atom. The number of hydrogen-bond acceptors (Lipinski definition) is 1. The summed E-state index contributed by atoms with van der Waals surface area (Å²) in [6.45, 7) is 0.970. The maximum atomic E-state index is 13.1. The zero-order valence-electron chi connectivity index (χ0n) is 9.13. The van der Waals surface area contributed by atoms with E-state index in [9.17, 15) is 9.18 Å². The number of carbonyl (C=O) groups is 1. The Morgan fingerprint density at radius 1 is 1.47 bits per heavy atom. The minimum absolute atomic E-state index is 0.0518. The smallest absolute Gasteiger partial charge is 0.223 e. The first-order chi connectivity index (χ1) is 8.10. The summed E-state index contributed by atoms with van der Waals surface area (Å²) in [5, 5.41) is 0.480. The van der Waals surface area contributed by atoms with Crippen molar-refractivity contribution >= 4 is 29.1 Å². The Balaban J connectivity index is 2.11. The fourth-order valence-electron chi connectivity index (χ4n) is 1.98. The largest absolute Gasteiger partial charge is 0.338 e. The minimum Gasteiger partial charge on any atom is -0.338 e. The lowest BCUT2D eigenvalue weighted by Crippen LogP contribution is -2.25. The molecular weight excluding hydrogens is 264 g/mol. The van der Waals surface area contributed by atoms with Crippen molar-refractivity contribution in [3.05, 3.63) is 34.6 Å². The van der Waals surface area contributed by atoms with Crippen molar-refractivity contribution in [3.63, 3.8) is 0 Å². The molecule has 1 aromatic rings. The van der Waals surface area contributed by atoms with Gasteiger partial charge in [-0.15, -0.1) is 11.6 Å². The van der Waals surface area contributed by atoms with Crippen molar-refractivity contribution in [1.29, 1.82) is 0 Å². The van der Waals surface area contributed by atoms with Crippen LogP contribution >= 0.6 is 23.2 Å². The van der Waals surface area contributed by atoms with Crippen LogP contribution in [0.3, 0.4) is 0 Å². The van der Waals surface area contributed by atoms with Crippen molar-refractivity contribution in [3.8, 4) is 0 Å². The predicted octanol–water partition coefficient (Wildman–Crippen LogP) is 3.07. The third-order valence-corrected chi connectivity index (χ3v) is 3.69. The molecule has 0 saturated carbocycles. The topological polar surface area (TPSA) is 20.3 Å². The van der Waals surface area contributed by atoms with Crippen molar-refractivity contribution in [1.82, 2.24) is 4.90 Å². The van der Waals surface area contributed by atoms with Gasteiger partial charge in [0.1, 0.15) is 5.82 Å². The fraction of sp³-hybridized carbons (Fsp3) is 0.417. The van der Waals surface area contributed by atoms with Crippen molar-refractivity contribution in [2.45, 2.75) is 13.0 Å². The van der Waals surface area contributed by atoms with Gasteiger partial charge in [0.05, 0.1) is 0 Å². The molecule has 1 amide bonds. The molecule has 1 aromatic carbocycles. The minimum atomic E-state index is -0.343. The zero-order chi connectivity index (χ0) is 12.4. The van der Waals surface area contributed by atoms with Gasteiger partial charge in [-0.1, -0.05) is 11.6 Å². The molecule has 0 bridgehead atoms. The SMILES string of the molecule is O=C1CC(CCl)CN1Cc1cc(F)ccc1Cl. The summed E-state index contributed by atoms with van der Waals surface area (Å²) in [5.74, 6) is 0.372. The van der Waals surface area contributed by atoms with Gasteiger partial charge in [-0.05, 0) is 29.7 Å². The second-order valence-corrected chi connectivity index (χ2v) is 4.95. The molecule has 1 aliphatic rings. The van der Waals surface area contributed by atoms with Crippen LogP contribution in [0.2, 0.25) is 5.02 Å². The number of hydrogen-bond donors (Lipinski definition) is 0. The molecule has 1 atom stereocenters. The number of benzene rings is 1. The molecule has 17 heavy (non-hydrogen) atoms. The molecule has 2 rings (SSSR count). The van der Waals surface area contributed by atoms with E-state index in [0.717, 1.165) is 0 Å². The van der Waals surface area contributed by atoms with E-state index in [4.69, 9.17) is 23.2 Å². The van der Waals surface area contributed by atoms with Crippen LogP contribution in [0.5, 0.6) is 0 Å². The highest BCUT2D eigenvalue weighted by Gasteiger charge is 2.29. The zero-order valence-corrected chi connectivity index (χ0v) is 10.6. The molecule has 0 aromatic heterocycles. The summed E-state index contributed by atoms with van der Waals surface area (Å²) in [4.78, 5) is 13.3. The molecular formula is C12H12Cl2FNO. The first kappa shape index (κ1) is 12.7. The van der Waals surface area contributed by atoms with Gasteiger partial charge in [0.2, 0.25) is 5.91 Å². The number of halogens is 3. The van der Waals surface area contributed by atoms with E-state index >= 15 is 0 Å². The van der Waals surface area contributed by atoms with Crippen molar-refractivity contribution in [2.24, 2.45) is 5.92 Å². The van der Waals surface area contributed by atoms with E-state index < -0.39 is 0 Å². The van der Waals surface area contributed by atoms with Crippen LogP contribution in [0.1, 0.15) is 12.0 Å². The molecule has 1 aliphatic heterocycles. The van der Waals surface area contributed by atoms with Crippen LogP contribution in [0.4, 0.5) is 4.39 Å². The first-order valence-electron chi connectivity index (χ1n) is 5.38. The number of carbonyl (C=O) groups excluding carboxylic acids is 1. The molecule has 2 nitrogen and oxygen atoms in total. The normalized spacial score (nSPS) is 20.1. The first-order valence-corrected chi connectivity index (χ1v) is 6.29. The molecule has 0 radical (unpaired) electrons. The Labute approximate surface area is 109 Å². The maximum Gasteiger partial charge on any atom is 0.223 e. The highest BCUT2D eigenvalue weighted by atomic mass is 35.5. The van der Waals surface area contributed by atoms with E-state index in [1.54, 1.807) is 4.90 Å². The highest BCUT2D eigenvalue weighted by molar-refractivity contribution is 6.31. The van der Waals surface area contributed by atoms with Crippen LogP contribution in [0.15, 0.2) is 18.2 Å².